The normalized spacial score (nSPS) is 28.7. The Labute approximate surface area is 120 Å². The molecule has 1 rings (SSSR count). The molecule has 3 heteroatoms. The summed E-state index contributed by atoms with van der Waals surface area (Å²) < 4.78 is 6.40. The average Bonchev–Trinajstić information content (AvgIpc) is 2.27. The third-order valence-corrected chi connectivity index (χ3v) is 9.60. The van der Waals surface area contributed by atoms with Crippen molar-refractivity contribution in [2.24, 2.45) is 17.8 Å². The van der Waals surface area contributed by atoms with Gasteiger partial charge in [-0.05, 0) is 48.7 Å². The van der Waals surface area contributed by atoms with Crippen LogP contribution in [0.25, 0.3) is 0 Å². The number of aliphatic hydroxyl groups is 1. The van der Waals surface area contributed by atoms with Crippen molar-refractivity contribution in [3.63, 3.8) is 0 Å². The second-order valence-electron chi connectivity index (χ2n) is 7.53. The molecule has 0 aromatic rings. The standard InChI is InChI=1S/C16H32O2Si/c1-13-8-7-9-14(10-11-17)15(13)12-18-19(5,6)16(2,3)4/h7-8,13-15,17H,9-12H2,1-6H3. The maximum absolute atomic E-state index is 9.22. The molecule has 0 aliphatic heterocycles. The first kappa shape index (κ1) is 16.9. The van der Waals surface area contributed by atoms with Crippen LogP contribution in [0, 0.1) is 17.8 Å². The molecule has 1 N–H and O–H groups in total. The molecular formula is C16H32O2Si. The molecule has 1 aliphatic carbocycles. The Morgan fingerprint density at radius 3 is 2.47 bits per heavy atom. The summed E-state index contributed by atoms with van der Waals surface area (Å²) in [5.41, 5.74) is 0. The van der Waals surface area contributed by atoms with E-state index in [1.807, 2.05) is 0 Å². The van der Waals surface area contributed by atoms with Gasteiger partial charge >= 0.3 is 0 Å². The Morgan fingerprint density at radius 1 is 1.32 bits per heavy atom. The van der Waals surface area contributed by atoms with Crippen molar-refractivity contribution < 1.29 is 9.53 Å². The highest BCUT2D eigenvalue weighted by Gasteiger charge is 2.39. The summed E-state index contributed by atoms with van der Waals surface area (Å²) in [6.45, 7) is 14.9. The summed E-state index contributed by atoms with van der Waals surface area (Å²) in [7, 11) is -1.66. The second kappa shape index (κ2) is 6.55. The molecule has 0 aromatic heterocycles. The van der Waals surface area contributed by atoms with Crippen molar-refractivity contribution in [1.82, 2.24) is 0 Å². The third-order valence-electron chi connectivity index (χ3n) is 5.10. The minimum atomic E-state index is -1.66. The van der Waals surface area contributed by atoms with E-state index in [1.165, 1.54) is 0 Å². The molecule has 0 heterocycles. The molecule has 0 aromatic carbocycles. The molecule has 112 valence electrons. The van der Waals surface area contributed by atoms with Gasteiger partial charge in [0.1, 0.15) is 0 Å². The molecule has 0 amide bonds. The van der Waals surface area contributed by atoms with Crippen molar-refractivity contribution >= 4 is 8.32 Å². The minimum Gasteiger partial charge on any atom is -0.417 e. The van der Waals surface area contributed by atoms with Gasteiger partial charge in [0, 0.05) is 13.2 Å². The fraction of sp³-hybridized carbons (Fsp3) is 0.875. The van der Waals surface area contributed by atoms with E-state index in [-0.39, 0.29) is 5.04 Å². The lowest BCUT2D eigenvalue weighted by Crippen LogP contribution is -2.43. The summed E-state index contributed by atoms with van der Waals surface area (Å²) in [6, 6.07) is 0. The van der Waals surface area contributed by atoms with Gasteiger partial charge < -0.3 is 9.53 Å². The van der Waals surface area contributed by atoms with E-state index in [1.54, 1.807) is 0 Å². The van der Waals surface area contributed by atoms with Crippen molar-refractivity contribution in [2.75, 3.05) is 13.2 Å². The largest absolute Gasteiger partial charge is 0.417 e. The summed E-state index contributed by atoms with van der Waals surface area (Å²) in [5, 5.41) is 9.49. The van der Waals surface area contributed by atoms with Gasteiger partial charge in [0.2, 0.25) is 0 Å². The van der Waals surface area contributed by atoms with Crippen molar-refractivity contribution in [3.05, 3.63) is 12.2 Å². The van der Waals surface area contributed by atoms with Crippen LogP contribution in [0.15, 0.2) is 12.2 Å². The smallest absolute Gasteiger partial charge is 0.191 e. The molecule has 0 radical (unpaired) electrons. The number of aliphatic hydroxyl groups excluding tert-OH is 1. The Kier molecular flexibility index (Phi) is 5.84. The van der Waals surface area contributed by atoms with E-state index in [9.17, 15) is 5.11 Å². The van der Waals surface area contributed by atoms with Crippen molar-refractivity contribution in [2.45, 2.75) is 58.7 Å². The highest BCUT2D eigenvalue weighted by Crippen LogP contribution is 2.39. The zero-order chi connectivity index (χ0) is 14.7. The fourth-order valence-electron chi connectivity index (χ4n) is 2.52. The Hall–Kier alpha value is -0.123. The highest BCUT2D eigenvalue weighted by atomic mass is 28.4. The fourth-order valence-corrected chi connectivity index (χ4v) is 3.56. The van der Waals surface area contributed by atoms with Crippen LogP contribution in [-0.2, 0) is 4.43 Å². The zero-order valence-electron chi connectivity index (χ0n) is 13.6. The minimum absolute atomic E-state index is 0.271. The molecule has 3 unspecified atom stereocenters. The van der Waals surface area contributed by atoms with E-state index in [2.05, 4.69) is 52.9 Å². The van der Waals surface area contributed by atoms with Crippen LogP contribution < -0.4 is 0 Å². The van der Waals surface area contributed by atoms with Gasteiger partial charge in [0.15, 0.2) is 8.32 Å². The average molecular weight is 285 g/mol. The molecule has 0 bridgehead atoms. The van der Waals surface area contributed by atoms with Gasteiger partial charge in [-0.3, -0.25) is 0 Å². The number of hydrogen-bond acceptors (Lipinski definition) is 2. The Balaban J connectivity index is 2.65. The van der Waals surface area contributed by atoms with Gasteiger partial charge in [-0.15, -0.1) is 0 Å². The van der Waals surface area contributed by atoms with Crippen LogP contribution in [0.2, 0.25) is 18.1 Å². The maximum Gasteiger partial charge on any atom is 0.191 e. The van der Waals surface area contributed by atoms with E-state index in [0.717, 1.165) is 19.4 Å². The lowest BCUT2D eigenvalue weighted by Gasteiger charge is -2.40. The molecule has 1 aliphatic rings. The zero-order valence-corrected chi connectivity index (χ0v) is 14.6. The van der Waals surface area contributed by atoms with Gasteiger partial charge in [-0.1, -0.05) is 39.8 Å². The van der Waals surface area contributed by atoms with Crippen LogP contribution in [0.1, 0.15) is 40.5 Å². The predicted molar refractivity (Wildman–Crippen MR) is 84.8 cm³/mol. The summed E-state index contributed by atoms with van der Waals surface area (Å²) in [5.74, 6) is 1.70. The predicted octanol–water partition coefficient (Wildman–Crippen LogP) is 4.22. The Bertz CT molecular complexity index is 304. The van der Waals surface area contributed by atoms with Gasteiger partial charge in [0.25, 0.3) is 0 Å². The molecule has 0 spiro atoms. The summed E-state index contributed by atoms with van der Waals surface area (Å²) >= 11 is 0. The molecule has 0 saturated heterocycles. The monoisotopic (exact) mass is 284 g/mol. The van der Waals surface area contributed by atoms with Gasteiger partial charge in [0.05, 0.1) is 0 Å². The van der Waals surface area contributed by atoms with Crippen LogP contribution in [0.5, 0.6) is 0 Å². The Morgan fingerprint density at radius 2 is 1.95 bits per heavy atom. The number of allylic oxidation sites excluding steroid dienone is 2. The first-order valence-corrected chi connectivity index (χ1v) is 10.5. The SMILES string of the molecule is CC1C=CCC(CCO)C1CO[Si](C)(C)C(C)(C)C. The highest BCUT2D eigenvalue weighted by molar-refractivity contribution is 6.74. The van der Waals surface area contributed by atoms with Gasteiger partial charge in [-0.2, -0.15) is 0 Å². The second-order valence-corrected chi connectivity index (χ2v) is 12.3. The van der Waals surface area contributed by atoms with Crippen LogP contribution in [0.4, 0.5) is 0 Å². The number of hydrogen-bond donors (Lipinski definition) is 1. The first-order valence-electron chi connectivity index (χ1n) is 7.60. The maximum atomic E-state index is 9.22. The molecule has 19 heavy (non-hydrogen) atoms. The first-order chi connectivity index (χ1) is 8.69. The lowest BCUT2D eigenvalue weighted by molar-refractivity contribution is 0.122. The van der Waals surface area contributed by atoms with Crippen LogP contribution >= 0.6 is 0 Å². The topological polar surface area (TPSA) is 29.5 Å². The van der Waals surface area contributed by atoms with Crippen LogP contribution in [-0.4, -0.2) is 26.6 Å². The van der Waals surface area contributed by atoms with E-state index >= 15 is 0 Å². The van der Waals surface area contributed by atoms with E-state index < -0.39 is 8.32 Å². The van der Waals surface area contributed by atoms with Crippen molar-refractivity contribution in [1.29, 1.82) is 0 Å². The summed E-state index contributed by atoms with van der Waals surface area (Å²) in [6.07, 6.45) is 6.58. The van der Waals surface area contributed by atoms with Gasteiger partial charge in [-0.25, -0.2) is 0 Å². The quantitative estimate of drug-likeness (QED) is 0.605. The van der Waals surface area contributed by atoms with Crippen molar-refractivity contribution in [3.8, 4) is 0 Å². The molecule has 0 fully saturated rings. The molecular weight excluding hydrogens is 252 g/mol. The molecule has 2 nitrogen and oxygen atoms in total. The number of rotatable bonds is 5. The van der Waals surface area contributed by atoms with E-state index in [4.69, 9.17) is 4.43 Å². The third kappa shape index (κ3) is 4.43. The summed E-state index contributed by atoms with van der Waals surface area (Å²) in [4.78, 5) is 0. The molecule has 3 atom stereocenters. The van der Waals surface area contributed by atoms with Crippen LogP contribution in [0.3, 0.4) is 0 Å². The van der Waals surface area contributed by atoms with E-state index in [0.29, 0.717) is 24.4 Å². The molecule has 0 saturated carbocycles. The lowest BCUT2D eigenvalue weighted by atomic mass is 9.76.